The van der Waals surface area contributed by atoms with E-state index in [1.54, 1.807) is 25.3 Å². The van der Waals surface area contributed by atoms with Gasteiger partial charge in [0.15, 0.2) is 0 Å². The van der Waals surface area contributed by atoms with Gasteiger partial charge in [-0.1, -0.05) is 18.2 Å². The lowest BCUT2D eigenvalue weighted by Crippen LogP contribution is -2.57. The maximum Gasteiger partial charge on any atom is 0.247 e. The second-order valence-corrected chi connectivity index (χ2v) is 7.57. The summed E-state index contributed by atoms with van der Waals surface area (Å²) in [5.74, 6) is -0.224. The topological polar surface area (TPSA) is 87.7 Å². The Bertz CT molecular complexity index is 978. The number of piperazine rings is 1. The maximum atomic E-state index is 12.8. The largest absolute Gasteiger partial charge is 0.497 e. The van der Waals surface area contributed by atoms with Crippen LogP contribution in [0.1, 0.15) is 23.1 Å². The molecule has 1 saturated heterocycles. The Kier molecular flexibility index (Phi) is 7.07. The van der Waals surface area contributed by atoms with E-state index in [-0.39, 0.29) is 24.1 Å². The van der Waals surface area contributed by atoms with Crippen LogP contribution in [-0.4, -0.2) is 48.9 Å². The van der Waals surface area contributed by atoms with Crippen molar-refractivity contribution < 1.29 is 19.1 Å². The molecular formula is C24H27N3O4. The molecule has 0 unspecified atom stereocenters. The first-order valence-corrected chi connectivity index (χ1v) is 10.1. The summed E-state index contributed by atoms with van der Waals surface area (Å²) in [6, 6.07) is 12.2. The van der Waals surface area contributed by atoms with Crippen LogP contribution in [0.25, 0.3) is 6.08 Å². The number of carbonyl (C=O) groups is 3. The van der Waals surface area contributed by atoms with E-state index in [9.17, 15) is 14.4 Å². The lowest BCUT2D eigenvalue weighted by atomic mass is 10.1. The number of amides is 3. The number of carbonyl (C=O) groups excluding carboxylic acids is 3. The molecule has 0 radical (unpaired) electrons. The van der Waals surface area contributed by atoms with Crippen molar-refractivity contribution >= 4 is 29.5 Å². The minimum Gasteiger partial charge on any atom is -0.497 e. The highest BCUT2D eigenvalue weighted by molar-refractivity contribution is 6.00. The zero-order valence-corrected chi connectivity index (χ0v) is 18.0. The summed E-state index contributed by atoms with van der Waals surface area (Å²) in [7, 11) is 1.59. The summed E-state index contributed by atoms with van der Waals surface area (Å²) in [5, 5.41) is 5.57. The van der Waals surface area contributed by atoms with Gasteiger partial charge in [-0.25, -0.2) is 0 Å². The van der Waals surface area contributed by atoms with E-state index in [4.69, 9.17) is 4.74 Å². The summed E-state index contributed by atoms with van der Waals surface area (Å²) in [6.07, 6.45) is 3.00. The van der Waals surface area contributed by atoms with E-state index in [0.29, 0.717) is 18.8 Å². The van der Waals surface area contributed by atoms with Gasteiger partial charge in [-0.05, 0) is 60.9 Å². The molecular weight excluding hydrogens is 394 g/mol. The van der Waals surface area contributed by atoms with Crippen LogP contribution in [0.15, 0.2) is 48.5 Å². The molecule has 2 aromatic carbocycles. The zero-order chi connectivity index (χ0) is 22.4. The van der Waals surface area contributed by atoms with E-state index < -0.39 is 6.04 Å². The van der Waals surface area contributed by atoms with Crippen LogP contribution in [0.2, 0.25) is 0 Å². The van der Waals surface area contributed by atoms with Gasteiger partial charge in [-0.15, -0.1) is 0 Å². The van der Waals surface area contributed by atoms with E-state index in [1.807, 2.05) is 44.2 Å². The van der Waals surface area contributed by atoms with E-state index >= 15 is 0 Å². The average Bonchev–Trinajstić information content (AvgIpc) is 2.73. The molecule has 2 aromatic rings. The molecule has 1 heterocycles. The molecule has 1 aliphatic heterocycles. The van der Waals surface area contributed by atoms with Crippen LogP contribution in [0.5, 0.6) is 5.75 Å². The first-order valence-electron chi connectivity index (χ1n) is 10.1. The number of nitrogens with zero attached hydrogens (tertiary/aromatic N) is 1. The van der Waals surface area contributed by atoms with E-state index in [1.165, 1.54) is 11.0 Å². The van der Waals surface area contributed by atoms with Gasteiger partial charge in [0.2, 0.25) is 17.7 Å². The predicted octanol–water partition coefficient (Wildman–Crippen LogP) is 2.68. The molecule has 0 saturated carbocycles. The Morgan fingerprint density at radius 2 is 1.84 bits per heavy atom. The van der Waals surface area contributed by atoms with Gasteiger partial charge in [0.1, 0.15) is 11.8 Å². The van der Waals surface area contributed by atoms with Crippen molar-refractivity contribution in [1.82, 2.24) is 10.2 Å². The van der Waals surface area contributed by atoms with Crippen LogP contribution in [0, 0.1) is 13.8 Å². The average molecular weight is 421 g/mol. The third kappa shape index (κ3) is 5.94. The SMILES string of the molecule is COc1ccc(/C=C/C(=O)N2CCNC(=O)[C@H]2CC(=O)Nc2cc(C)cc(C)c2)cc1. The van der Waals surface area contributed by atoms with Crippen molar-refractivity contribution in [2.75, 3.05) is 25.5 Å². The lowest BCUT2D eigenvalue weighted by molar-refractivity contribution is -0.141. The lowest BCUT2D eigenvalue weighted by Gasteiger charge is -2.34. The van der Waals surface area contributed by atoms with E-state index in [0.717, 1.165) is 22.4 Å². The standard InChI is InChI=1S/C24H27N3O4/c1-16-12-17(2)14-19(13-16)26-22(28)15-21-24(30)25-10-11-27(21)23(29)9-6-18-4-7-20(31-3)8-5-18/h4-9,12-14,21H,10-11,15H2,1-3H3,(H,25,30)(H,26,28)/b9-6+/t21-/m1/s1. The predicted molar refractivity (Wildman–Crippen MR) is 120 cm³/mol. The van der Waals surface area contributed by atoms with Crippen LogP contribution < -0.4 is 15.4 Å². The van der Waals surface area contributed by atoms with Crippen molar-refractivity contribution in [1.29, 1.82) is 0 Å². The third-order valence-electron chi connectivity index (χ3n) is 5.03. The molecule has 1 atom stereocenters. The Balaban J connectivity index is 1.68. The Labute approximate surface area is 182 Å². The molecule has 162 valence electrons. The Morgan fingerprint density at radius 3 is 2.48 bits per heavy atom. The van der Waals surface area contributed by atoms with Crippen molar-refractivity contribution in [3.8, 4) is 5.75 Å². The molecule has 0 bridgehead atoms. The van der Waals surface area contributed by atoms with Crippen LogP contribution in [0.4, 0.5) is 5.69 Å². The number of benzene rings is 2. The molecule has 1 fully saturated rings. The normalized spacial score (nSPS) is 16.2. The van der Waals surface area contributed by atoms with Gasteiger partial charge in [0.25, 0.3) is 0 Å². The molecule has 0 spiro atoms. The second kappa shape index (κ2) is 9.93. The molecule has 3 rings (SSSR count). The maximum absolute atomic E-state index is 12.8. The van der Waals surface area contributed by atoms with Crippen LogP contribution in [0.3, 0.4) is 0 Å². The zero-order valence-electron chi connectivity index (χ0n) is 18.0. The van der Waals surface area contributed by atoms with Crippen molar-refractivity contribution in [2.24, 2.45) is 0 Å². The summed E-state index contributed by atoms with van der Waals surface area (Å²) in [5.41, 5.74) is 3.58. The summed E-state index contributed by atoms with van der Waals surface area (Å²) in [4.78, 5) is 39.3. The molecule has 0 aliphatic carbocycles. The molecule has 1 aliphatic rings. The summed E-state index contributed by atoms with van der Waals surface area (Å²) < 4.78 is 5.13. The Hall–Kier alpha value is -3.61. The van der Waals surface area contributed by atoms with Gasteiger partial charge < -0.3 is 20.3 Å². The van der Waals surface area contributed by atoms with Gasteiger partial charge >= 0.3 is 0 Å². The quantitative estimate of drug-likeness (QED) is 0.702. The van der Waals surface area contributed by atoms with Gasteiger partial charge in [0.05, 0.1) is 13.5 Å². The fourth-order valence-corrected chi connectivity index (χ4v) is 3.59. The van der Waals surface area contributed by atoms with Gasteiger partial charge in [0, 0.05) is 24.9 Å². The number of nitrogens with one attached hydrogen (secondary N) is 2. The van der Waals surface area contributed by atoms with E-state index in [2.05, 4.69) is 10.6 Å². The molecule has 7 heteroatoms. The monoisotopic (exact) mass is 421 g/mol. The molecule has 3 amide bonds. The fraction of sp³-hybridized carbons (Fsp3) is 0.292. The molecule has 31 heavy (non-hydrogen) atoms. The molecule has 2 N–H and O–H groups in total. The number of methoxy groups -OCH3 is 1. The number of aryl methyl sites for hydroxylation is 2. The summed E-state index contributed by atoms with van der Waals surface area (Å²) in [6.45, 7) is 4.61. The van der Waals surface area contributed by atoms with Crippen LogP contribution >= 0.6 is 0 Å². The summed E-state index contributed by atoms with van der Waals surface area (Å²) >= 11 is 0. The third-order valence-corrected chi connectivity index (χ3v) is 5.03. The minimum atomic E-state index is -0.854. The van der Waals surface area contributed by atoms with Gasteiger partial charge in [-0.3, -0.25) is 14.4 Å². The first-order chi connectivity index (χ1) is 14.9. The number of ether oxygens (including phenoxy) is 1. The number of rotatable bonds is 6. The van der Waals surface area contributed by atoms with Gasteiger partial charge in [-0.2, -0.15) is 0 Å². The Morgan fingerprint density at radius 1 is 1.16 bits per heavy atom. The second-order valence-electron chi connectivity index (χ2n) is 7.57. The minimum absolute atomic E-state index is 0.110. The van der Waals surface area contributed by atoms with Crippen molar-refractivity contribution in [3.05, 3.63) is 65.2 Å². The van der Waals surface area contributed by atoms with Crippen LogP contribution in [-0.2, 0) is 14.4 Å². The van der Waals surface area contributed by atoms with Crippen molar-refractivity contribution in [2.45, 2.75) is 26.3 Å². The highest BCUT2D eigenvalue weighted by Crippen LogP contribution is 2.17. The first kappa shape index (κ1) is 22.1. The number of hydrogen-bond acceptors (Lipinski definition) is 4. The highest BCUT2D eigenvalue weighted by Gasteiger charge is 2.33. The molecule has 7 nitrogen and oxygen atoms in total. The molecule has 0 aromatic heterocycles. The fourth-order valence-electron chi connectivity index (χ4n) is 3.59. The smallest absolute Gasteiger partial charge is 0.247 e. The highest BCUT2D eigenvalue weighted by atomic mass is 16.5. The number of anilines is 1. The number of hydrogen-bond donors (Lipinski definition) is 2. The van der Waals surface area contributed by atoms with Crippen molar-refractivity contribution in [3.63, 3.8) is 0 Å².